The predicted molar refractivity (Wildman–Crippen MR) is 130 cm³/mol. The van der Waals surface area contributed by atoms with E-state index in [2.05, 4.69) is 34.2 Å². The summed E-state index contributed by atoms with van der Waals surface area (Å²) in [6.45, 7) is 8.41. The lowest BCUT2D eigenvalue weighted by atomic mass is 10.0. The third-order valence-corrected chi connectivity index (χ3v) is 6.21. The van der Waals surface area contributed by atoms with Crippen LogP contribution in [0.3, 0.4) is 0 Å². The fourth-order valence-electron chi connectivity index (χ4n) is 4.68. The van der Waals surface area contributed by atoms with Gasteiger partial charge >= 0.3 is 0 Å². The van der Waals surface area contributed by atoms with Gasteiger partial charge < -0.3 is 10.3 Å². The van der Waals surface area contributed by atoms with Gasteiger partial charge in [-0.3, -0.25) is 4.98 Å². The van der Waals surface area contributed by atoms with Gasteiger partial charge in [-0.25, -0.2) is 18.2 Å². The van der Waals surface area contributed by atoms with E-state index in [0.29, 0.717) is 46.6 Å². The number of rotatable bonds is 6. The van der Waals surface area contributed by atoms with Crippen LogP contribution in [0.5, 0.6) is 0 Å². The average Bonchev–Trinajstić information content (AvgIpc) is 3.30. The standard InChI is InChI=1S/C26H25F3N6/c1-13(2)24-15(4)34-35-23(10-22(33-26(24)35)16-7-18(28)12-30-11-16)31-6-5-19-14(3)32-25-20(19)8-17(27)9-21(25)29/h7-13,31-32H,5-6H2,1-4H3. The number of hydrogen-bond acceptors (Lipinski definition) is 4. The summed E-state index contributed by atoms with van der Waals surface area (Å²) in [5.41, 5.74) is 5.62. The number of aryl methyl sites for hydroxylation is 2. The van der Waals surface area contributed by atoms with E-state index >= 15 is 0 Å². The van der Waals surface area contributed by atoms with Crippen molar-refractivity contribution in [3.05, 3.63) is 76.6 Å². The smallest absolute Gasteiger partial charge is 0.161 e. The molecule has 0 aliphatic rings. The Morgan fingerprint density at radius 2 is 1.83 bits per heavy atom. The molecule has 35 heavy (non-hydrogen) atoms. The largest absolute Gasteiger partial charge is 0.370 e. The summed E-state index contributed by atoms with van der Waals surface area (Å²) in [6.07, 6.45) is 3.24. The highest BCUT2D eigenvalue weighted by atomic mass is 19.1. The summed E-state index contributed by atoms with van der Waals surface area (Å²) >= 11 is 0. The summed E-state index contributed by atoms with van der Waals surface area (Å²) in [4.78, 5) is 11.8. The topological polar surface area (TPSA) is 70.9 Å². The maximum Gasteiger partial charge on any atom is 0.161 e. The number of benzene rings is 1. The second kappa shape index (κ2) is 8.72. The van der Waals surface area contributed by atoms with Gasteiger partial charge in [-0.2, -0.15) is 9.61 Å². The van der Waals surface area contributed by atoms with Gasteiger partial charge in [-0.1, -0.05) is 13.8 Å². The summed E-state index contributed by atoms with van der Waals surface area (Å²) in [6, 6.07) is 5.43. The van der Waals surface area contributed by atoms with E-state index in [9.17, 15) is 13.2 Å². The van der Waals surface area contributed by atoms with Crippen molar-refractivity contribution in [1.82, 2.24) is 24.6 Å². The van der Waals surface area contributed by atoms with E-state index in [1.54, 1.807) is 16.8 Å². The van der Waals surface area contributed by atoms with E-state index in [1.165, 1.54) is 12.1 Å². The average molecular weight is 479 g/mol. The number of nitrogens with one attached hydrogen (secondary N) is 2. The van der Waals surface area contributed by atoms with Crippen LogP contribution in [0.15, 0.2) is 36.7 Å². The first kappa shape index (κ1) is 22.9. The molecule has 0 aliphatic carbocycles. The molecule has 0 spiro atoms. The molecule has 5 rings (SSSR count). The van der Waals surface area contributed by atoms with Crippen molar-refractivity contribution in [3.8, 4) is 11.3 Å². The molecule has 0 saturated heterocycles. The number of fused-ring (bicyclic) bond motifs is 2. The zero-order valence-electron chi connectivity index (χ0n) is 19.9. The van der Waals surface area contributed by atoms with E-state index in [-0.39, 0.29) is 5.92 Å². The van der Waals surface area contributed by atoms with E-state index < -0.39 is 17.5 Å². The quantitative estimate of drug-likeness (QED) is 0.310. The van der Waals surface area contributed by atoms with Gasteiger partial charge in [0, 0.05) is 47.1 Å². The normalized spacial score (nSPS) is 11.8. The van der Waals surface area contributed by atoms with Crippen LogP contribution < -0.4 is 5.32 Å². The molecule has 2 N–H and O–H groups in total. The van der Waals surface area contributed by atoms with Crippen LogP contribution in [-0.2, 0) is 6.42 Å². The van der Waals surface area contributed by atoms with Crippen molar-refractivity contribution in [1.29, 1.82) is 0 Å². The van der Waals surface area contributed by atoms with Crippen LogP contribution in [0.1, 0.15) is 42.3 Å². The molecular formula is C26H25F3N6. The maximum absolute atomic E-state index is 14.2. The molecule has 6 nitrogen and oxygen atoms in total. The molecule has 0 radical (unpaired) electrons. The van der Waals surface area contributed by atoms with Crippen LogP contribution in [0, 0.1) is 31.3 Å². The molecule has 0 atom stereocenters. The molecule has 1 aromatic carbocycles. The summed E-state index contributed by atoms with van der Waals surface area (Å²) in [5, 5.41) is 8.62. The number of hydrogen-bond donors (Lipinski definition) is 2. The highest BCUT2D eigenvalue weighted by Crippen LogP contribution is 2.30. The summed E-state index contributed by atoms with van der Waals surface area (Å²) < 4.78 is 43.7. The number of aromatic amines is 1. The molecule has 5 aromatic rings. The predicted octanol–water partition coefficient (Wildman–Crippen LogP) is 6.08. The fourth-order valence-corrected chi connectivity index (χ4v) is 4.68. The number of H-pyrrole nitrogens is 1. The molecule has 0 bridgehead atoms. The number of anilines is 1. The molecule has 0 fully saturated rings. The molecule has 4 aromatic heterocycles. The zero-order valence-corrected chi connectivity index (χ0v) is 19.9. The Morgan fingerprint density at radius 1 is 1.03 bits per heavy atom. The Kier molecular flexibility index (Phi) is 5.70. The minimum absolute atomic E-state index is 0.187. The Hall–Kier alpha value is -3.88. The Morgan fingerprint density at radius 3 is 2.57 bits per heavy atom. The molecule has 0 unspecified atom stereocenters. The third kappa shape index (κ3) is 4.11. The number of pyridine rings is 1. The first-order valence-electron chi connectivity index (χ1n) is 11.4. The second-order valence-corrected chi connectivity index (χ2v) is 9.02. The van der Waals surface area contributed by atoms with Gasteiger partial charge in [0.05, 0.1) is 23.1 Å². The molecule has 9 heteroatoms. The first-order valence-corrected chi connectivity index (χ1v) is 11.4. The maximum atomic E-state index is 14.2. The fraction of sp³-hybridized carbons (Fsp3) is 0.269. The van der Waals surface area contributed by atoms with Crippen molar-refractivity contribution in [2.75, 3.05) is 11.9 Å². The van der Waals surface area contributed by atoms with Gasteiger partial charge in [0.2, 0.25) is 0 Å². The zero-order chi connectivity index (χ0) is 24.9. The van der Waals surface area contributed by atoms with Crippen molar-refractivity contribution in [2.45, 2.75) is 40.0 Å². The molecule has 0 saturated carbocycles. The Labute approximate surface area is 200 Å². The minimum Gasteiger partial charge on any atom is -0.370 e. The molecule has 4 heterocycles. The number of nitrogens with zero attached hydrogens (tertiary/aromatic N) is 4. The van der Waals surface area contributed by atoms with Crippen molar-refractivity contribution >= 4 is 22.4 Å². The lowest BCUT2D eigenvalue weighted by molar-refractivity contribution is 0.591. The van der Waals surface area contributed by atoms with E-state index in [1.807, 2.05) is 13.8 Å². The van der Waals surface area contributed by atoms with Crippen LogP contribution in [0.4, 0.5) is 19.0 Å². The van der Waals surface area contributed by atoms with Gasteiger partial charge in [0.15, 0.2) is 5.65 Å². The highest BCUT2D eigenvalue weighted by molar-refractivity contribution is 5.85. The van der Waals surface area contributed by atoms with Crippen LogP contribution >= 0.6 is 0 Å². The van der Waals surface area contributed by atoms with Crippen molar-refractivity contribution in [3.63, 3.8) is 0 Å². The lowest BCUT2D eigenvalue weighted by Gasteiger charge is -2.12. The number of halogens is 3. The third-order valence-electron chi connectivity index (χ3n) is 6.21. The second-order valence-electron chi connectivity index (χ2n) is 9.02. The molecule has 180 valence electrons. The minimum atomic E-state index is -0.611. The van der Waals surface area contributed by atoms with Crippen molar-refractivity contribution < 1.29 is 13.2 Å². The molecule has 0 aliphatic heterocycles. The van der Waals surface area contributed by atoms with Gasteiger partial charge in [-0.05, 0) is 43.9 Å². The first-order chi connectivity index (χ1) is 16.7. The Balaban J connectivity index is 1.53. The van der Waals surface area contributed by atoms with Gasteiger partial charge in [0.25, 0.3) is 0 Å². The van der Waals surface area contributed by atoms with Crippen molar-refractivity contribution in [2.24, 2.45) is 0 Å². The highest BCUT2D eigenvalue weighted by Gasteiger charge is 2.19. The van der Waals surface area contributed by atoms with Gasteiger partial charge in [0.1, 0.15) is 23.3 Å². The SMILES string of the molecule is Cc1nn2c(NCCc3c(C)[nH]c4c(F)cc(F)cc34)cc(-c3cncc(F)c3)nc2c1C(C)C. The van der Waals surface area contributed by atoms with E-state index in [4.69, 9.17) is 4.98 Å². The Bertz CT molecular complexity index is 1570. The van der Waals surface area contributed by atoms with E-state index in [0.717, 1.165) is 34.8 Å². The van der Waals surface area contributed by atoms with Crippen LogP contribution in [-0.4, -0.2) is 31.1 Å². The monoisotopic (exact) mass is 478 g/mol. The van der Waals surface area contributed by atoms with Gasteiger partial charge in [-0.15, -0.1) is 0 Å². The summed E-state index contributed by atoms with van der Waals surface area (Å²) in [5.74, 6) is -0.798. The van der Waals surface area contributed by atoms with Crippen LogP contribution in [0.2, 0.25) is 0 Å². The van der Waals surface area contributed by atoms with Crippen LogP contribution in [0.25, 0.3) is 27.8 Å². The molecule has 0 amide bonds. The molecular weight excluding hydrogens is 453 g/mol. The number of aromatic nitrogens is 5. The lowest BCUT2D eigenvalue weighted by Crippen LogP contribution is -2.11. The summed E-state index contributed by atoms with van der Waals surface area (Å²) in [7, 11) is 0.